The number of carbonyl (C=O) groups is 6. The molecule has 0 spiro atoms. The van der Waals surface area contributed by atoms with E-state index in [-0.39, 0.29) is 49.8 Å². The summed E-state index contributed by atoms with van der Waals surface area (Å²) >= 11 is 5.80. The zero-order valence-electron chi connectivity index (χ0n) is 52.3. The Hall–Kier alpha value is -12.7. The molecule has 0 aromatic heterocycles. The zero-order valence-corrected chi connectivity index (χ0v) is 53.0. The molecule has 20 heteroatoms. The molecule has 0 fully saturated rings. The monoisotopic (exact) mass is 1380 g/mol. The largest absolute Gasteiger partial charge is 0.478 e. The number of rotatable bonds is 12. The van der Waals surface area contributed by atoms with Crippen LogP contribution in [0.1, 0.15) is 73.3 Å². The number of hydrogen-bond acceptors (Lipinski definition) is 6. The van der Waals surface area contributed by atoms with Gasteiger partial charge in [-0.25, -0.2) is 46.3 Å². The van der Waals surface area contributed by atoms with E-state index in [1.165, 1.54) is 66.7 Å². The maximum Gasteiger partial charge on any atom is 0.416 e. The molecule has 12 aromatic carbocycles. The summed E-state index contributed by atoms with van der Waals surface area (Å²) in [5.41, 5.74) is 8.08. The Morgan fingerprint density at radius 2 is 0.680 bits per heavy atom. The first kappa shape index (κ1) is 74.7. The number of carboxylic acid groups (broad SMARTS) is 6. The van der Waals surface area contributed by atoms with Crippen LogP contribution in [-0.2, 0) is 6.18 Å². The molecule has 0 aliphatic carbocycles. The fraction of sp³-hybridized carbons (Fsp3) is 0.0250. The molecule has 100 heavy (non-hydrogen) atoms. The van der Waals surface area contributed by atoms with Crippen molar-refractivity contribution in [3.63, 3.8) is 0 Å². The van der Waals surface area contributed by atoms with Gasteiger partial charge in [0, 0.05) is 11.6 Å². The average Bonchev–Trinajstić information content (AvgIpc) is 0.808. The first-order chi connectivity index (χ1) is 47.7. The number of aromatic carboxylic acids is 6. The van der Waals surface area contributed by atoms with Gasteiger partial charge in [-0.05, 0) is 177 Å². The normalized spacial score (nSPS) is 10.3. The number of halogens is 8. The lowest BCUT2D eigenvalue weighted by molar-refractivity contribution is -0.137. The van der Waals surface area contributed by atoms with Crippen molar-refractivity contribution in [2.75, 3.05) is 0 Å². The average molecular weight is 1380 g/mol. The van der Waals surface area contributed by atoms with Crippen LogP contribution in [0, 0.1) is 30.2 Å². The van der Waals surface area contributed by atoms with Crippen molar-refractivity contribution in [2.45, 2.75) is 13.1 Å². The maximum atomic E-state index is 13.5. The minimum Gasteiger partial charge on any atom is -0.478 e. The summed E-state index contributed by atoms with van der Waals surface area (Å²) in [6.07, 6.45) is -4.57. The molecular formula is C80H56ClF7O12. The molecule has 504 valence electrons. The highest BCUT2D eigenvalue weighted by Crippen LogP contribution is 2.34. The topological polar surface area (TPSA) is 224 Å². The van der Waals surface area contributed by atoms with Crippen molar-refractivity contribution in [1.82, 2.24) is 0 Å². The smallest absolute Gasteiger partial charge is 0.416 e. The highest BCUT2D eigenvalue weighted by atomic mass is 35.5. The third kappa shape index (κ3) is 21.6. The molecule has 0 bridgehead atoms. The quantitative estimate of drug-likeness (QED) is 0.0629. The van der Waals surface area contributed by atoms with Crippen LogP contribution in [0.3, 0.4) is 0 Å². The predicted octanol–water partition coefficient (Wildman–Crippen LogP) is 20.8. The van der Waals surface area contributed by atoms with Crippen LogP contribution in [0.15, 0.2) is 285 Å². The van der Waals surface area contributed by atoms with Crippen LogP contribution in [0.2, 0.25) is 5.02 Å². The number of carboxylic acids is 6. The number of hydrogen-bond donors (Lipinski definition) is 6. The van der Waals surface area contributed by atoms with Gasteiger partial charge < -0.3 is 30.6 Å². The molecule has 0 unspecified atom stereocenters. The summed E-state index contributed by atoms with van der Waals surface area (Å²) in [6, 6.07) is 75.3. The summed E-state index contributed by atoms with van der Waals surface area (Å²) < 4.78 is 90.6. The Morgan fingerprint density at radius 3 is 1.16 bits per heavy atom. The fourth-order valence-corrected chi connectivity index (χ4v) is 9.76. The van der Waals surface area contributed by atoms with E-state index in [1.54, 1.807) is 97.1 Å². The lowest BCUT2D eigenvalue weighted by Gasteiger charge is -2.10. The van der Waals surface area contributed by atoms with Crippen LogP contribution in [0.5, 0.6) is 0 Å². The van der Waals surface area contributed by atoms with Crippen molar-refractivity contribution >= 4 is 47.4 Å². The second kappa shape index (κ2) is 35.3. The molecule has 0 aliphatic heterocycles. The predicted molar refractivity (Wildman–Crippen MR) is 368 cm³/mol. The Labute approximate surface area is 572 Å². The van der Waals surface area contributed by atoms with Gasteiger partial charge in [-0.3, -0.25) is 0 Å². The van der Waals surface area contributed by atoms with E-state index in [4.69, 9.17) is 42.2 Å². The molecule has 0 amide bonds. The van der Waals surface area contributed by atoms with E-state index < -0.39 is 65.0 Å². The Bertz CT molecular complexity index is 4850. The molecule has 0 atom stereocenters. The molecule has 0 aliphatic rings. The first-order valence-electron chi connectivity index (χ1n) is 29.6. The molecule has 0 heterocycles. The van der Waals surface area contributed by atoms with Crippen molar-refractivity contribution in [1.29, 1.82) is 0 Å². The molecule has 12 rings (SSSR count). The van der Waals surface area contributed by atoms with Gasteiger partial charge >= 0.3 is 42.0 Å². The second-order valence-electron chi connectivity index (χ2n) is 21.3. The van der Waals surface area contributed by atoms with Gasteiger partial charge in [0.25, 0.3) is 0 Å². The Kier molecular flexibility index (Phi) is 26.4. The van der Waals surface area contributed by atoms with Crippen LogP contribution in [-0.4, -0.2) is 66.5 Å². The number of alkyl halides is 3. The van der Waals surface area contributed by atoms with Crippen LogP contribution >= 0.6 is 11.6 Å². The summed E-state index contributed by atoms with van der Waals surface area (Å²) in [6.45, 7) is 1.84. The van der Waals surface area contributed by atoms with E-state index in [0.29, 0.717) is 39.4 Å². The van der Waals surface area contributed by atoms with E-state index >= 15 is 0 Å². The van der Waals surface area contributed by atoms with Crippen molar-refractivity contribution in [3.8, 4) is 66.8 Å². The van der Waals surface area contributed by atoms with Crippen molar-refractivity contribution < 1.29 is 90.1 Å². The van der Waals surface area contributed by atoms with Crippen LogP contribution in [0.25, 0.3) is 66.8 Å². The van der Waals surface area contributed by atoms with Gasteiger partial charge in [-0.15, -0.1) is 0 Å². The third-order valence-electron chi connectivity index (χ3n) is 14.4. The van der Waals surface area contributed by atoms with Gasteiger partial charge in [0.15, 0.2) is 0 Å². The molecule has 0 saturated carbocycles. The minimum atomic E-state index is -4.57. The van der Waals surface area contributed by atoms with Crippen molar-refractivity contribution in [3.05, 3.63) is 358 Å². The summed E-state index contributed by atoms with van der Waals surface area (Å²) in [4.78, 5) is 65.1. The first-order valence-corrected chi connectivity index (χ1v) is 30.0. The molecular weight excluding hydrogens is 1320 g/mol. The minimum absolute atomic E-state index is 0.0427. The fourth-order valence-electron chi connectivity index (χ4n) is 9.56. The summed E-state index contributed by atoms with van der Waals surface area (Å²) in [7, 11) is 0. The molecule has 12 aromatic rings. The molecule has 0 saturated heterocycles. The highest BCUT2D eigenvalue weighted by molar-refractivity contribution is 6.33. The van der Waals surface area contributed by atoms with Crippen molar-refractivity contribution in [2.24, 2.45) is 0 Å². The zero-order chi connectivity index (χ0) is 72.6. The van der Waals surface area contributed by atoms with Gasteiger partial charge in [0.05, 0.1) is 44.0 Å². The van der Waals surface area contributed by atoms with Gasteiger partial charge in [0.2, 0.25) is 0 Å². The van der Waals surface area contributed by atoms with E-state index in [2.05, 4.69) is 0 Å². The summed E-state index contributed by atoms with van der Waals surface area (Å²) in [5.74, 6) is -8.74. The van der Waals surface area contributed by atoms with Crippen LogP contribution < -0.4 is 0 Å². The van der Waals surface area contributed by atoms with Gasteiger partial charge in [-0.1, -0.05) is 188 Å². The Morgan fingerprint density at radius 1 is 0.290 bits per heavy atom. The van der Waals surface area contributed by atoms with E-state index in [0.717, 1.165) is 57.6 Å². The summed E-state index contributed by atoms with van der Waals surface area (Å²) in [5, 5.41) is 53.6. The third-order valence-corrected chi connectivity index (χ3v) is 14.8. The maximum absolute atomic E-state index is 13.5. The van der Waals surface area contributed by atoms with E-state index in [9.17, 15) is 59.5 Å². The molecule has 6 N–H and O–H groups in total. The highest BCUT2D eigenvalue weighted by Gasteiger charge is 2.32. The SMILES string of the molecule is Cc1c(C(=O)O)cccc1-c1ccccc1.O=C(O)c1cc(-c2ccccc2)cc(C(F)(F)F)c1.O=C(O)c1cc(-c2ccccc2)ccc1Cl.O=C(O)c1cc(F)cc(-c2ccccc2)c1.O=C(O)c1cccc(-c2ccc(F)cc2F)c1.O=C(O)c1cccc(-c2cccc(F)c2)c1. The van der Waals surface area contributed by atoms with Gasteiger partial charge in [-0.2, -0.15) is 13.2 Å². The van der Waals surface area contributed by atoms with Gasteiger partial charge in [0.1, 0.15) is 23.3 Å². The number of benzene rings is 12. The van der Waals surface area contributed by atoms with E-state index in [1.807, 2.05) is 97.9 Å². The lowest BCUT2D eigenvalue weighted by Crippen LogP contribution is -2.08. The Balaban J connectivity index is 0.000000169. The lowest BCUT2D eigenvalue weighted by atomic mass is 9.97. The second-order valence-corrected chi connectivity index (χ2v) is 21.7. The standard InChI is InChI=1S/C14H9F3O2.C14H12O2.C13H9ClO2.C13H8F2O2.2C13H9FO2/c15-14(16,17)12-7-10(6-11(8-12)13(18)19)9-4-2-1-3-5-9;1-10-12(11-6-3-2-4-7-11)8-5-9-13(10)14(15)16;14-12-7-6-10(8-11(12)13(15)16)9-4-2-1-3-5-9;14-10-4-5-11(12(15)7-10)8-2-1-3-9(6-8)13(16)17;14-12-6-2-4-10(8-12)9-3-1-5-11(7-9)13(15)16;14-12-7-10(6-11(8-12)13(15)16)9-4-2-1-3-5-9/h1-8H,(H,18,19);2-9H,1H3,(H,15,16);1-8H,(H,15,16);1-7H,(H,16,17);2*1-8H,(H,15,16). The van der Waals surface area contributed by atoms with Crippen LogP contribution in [0.4, 0.5) is 30.7 Å². The molecule has 0 radical (unpaired) electrons. The molecule has 12 nitrogen and oxygen atoms in total.